The summed E-state index contributed by atoms with van der Waals surface area (Å²) in [6.07, 6.45) is -1.75. The summed E-state index contributed by atoms with van der Waals surface area (Å²) < 4.78 is 4.83. The number of aromatic hydroxyl groups is 1. The Balaban J connectivity index is 2.38. The fraction of sp³-hybridized carbons (Fsp3) is 0.133. The number of carbonyl (C=O) groups excluding carboxylic acids is 2. The number of aliphatic hydroxyl groups is 2. The minimum absolute atomic E-state index is 0.181. The number of hydrogen-bond donors (Lipinski definition) is 3. The van der Waals surface area contributed by atoms with E-state index < -0.39 is 41.2 Å². The summed E-state index contributed by atoms with van der Waals surface area (Å²) in [6.45, 7) is -0.689. The third-order valence-electron chi connectivity index (χ3n) is 2.92. The van der Waals surface area contributed by atoms with Crippen molar-refractivity contribution in [2.24, 2.45) is 0 Å². The second-order valence-corrected chi connectivity index (χ2v) is 4.42. The van der Waals surface area contributed by atoms with E-state index in [4.69, 9.17) is 9.52 Å². The van der Waals surface area contributed by atoms with E-state index in [1.54, 1.807) is 18.2 Å². The van der Waals surface area contributed by atoms with Crippen LogP contribution in [0.5, 0.6) is 5.75 Å². The molecule has 0 aliphatic rings. The van der Waals surface area contributed by atoms with Gasteiger partial charge in [-0.2, -0.15) is 0 Å². The van der Waals surface area contributed by atoms with Gasteiger partial charge in [-0.05, 0) is 5.56 Å². The topological polar surface area (TPSA) is 125 Å². The van der Waals surface area contributed by atoms with Gasteiger partial charge in [-0.3, -0.25) is 14.4 Å². The molecule has 2 rings (SSSR count). The second-order valence-electron chi connectivity index (χ2n) is 4.42. The summed E-state index contributed by atoms with van der Waals surface area (Å²) in [6, 6.07) is 8.48. The van der Waals surface area contributed by atoms with Crippen LogP contribution in [-0.4, -0.2) is 26.9 Å². The third-order valence-corrected chi connectivity index (χ3v) is 2.92. The lowest BCUT2D eigenvalue weighted by atomic mass is 10.0. The Hall–Kier alpha value is -2.77. The fourth-order valence-electron chi connectivity index (χ4n) is 1.79. The van der Waals surface area contributed by atoms with Gasteiger partial charge in [0, 0.05) is 6.07 Å². The number of aliphatic hydroxyl groups excluding tert-OH is 2. The highest BCUT2D eigenvalue weighted by Gasteiger charge is 2.30. The molecule has 2 aromatic rings. The summed E-state index contributed by atoms with van der Waals surface area (Å²) in [5, 5.41) is 28.4. The van der Waals surface area contributed by atoms with Crippen LogP contribution >= 0.6 is 0 Å². The molecule has 1 atom stereocenters. The summed E-state index contributed by atoms with van der Waals surface area (Å²) >= 11 is 0. The SMILES string of the molecule is O=C(C(=O)C(O)c1ccccc1)c1oc(CO)cc(=O)c1O. The lowest BCUT2D eigenvalue weighted by Crippen LogP contribution is -2.23. The molecule has 0 saturated carbocycles. The molecule has 7 nitrogen and oxygen atoms in total. The molecule has 0 spiro atoms. The van der Waals surface area contributed by atoms with Crippen LogP contribution in [0, 0.1) is 0 Å². The first-order valence-corrected chi connectivity index (χ1v) is 6.24. The van der Waals surface area contributed by atoms with Gasteiger partial charge in [0.05, 0.1) is 0 Å². The first kappa shape index (κ1) is 15.6. The average Bonchev–Trinajstić information content (AvgIpc) is 2.56. The molecule has 0 bridgehead atoms. The molecule has 0 saturated heterocycles. The molecule has 1 heterocycles. The minimum atomic E-state index is -1.75. The van der Waals surface area contributed by atoms with Gasteiger partial charge in [0.15, 0.2) is 0 Å². The van der Waals surface area contributed by atoms with Gasteiger partial charge >= 0.3 is 0 Å². The Morgan fingerprint density at radius 2 is 1.82 bits per heavy atom. The average molecular weight is 304 g/mol. The monoisotopic (exact) mass is 304 g/mol. The number of benzene rings is 1. The Bertz CT molecular complexity index is 761. The molecule has 0 fully saturated rings. The molecular formula is C15H12O7. The first-order valence-electron chi connectivity index (χ1n) is 6.24. The Labute approximate surface area is 124 Å². The highest BCUT2D eigenvalue weighted by Crippen LogP contribution is 2.20. The van der Waals surface area contributed by atoms with E-state index in [-0.39, 0.29) is 11.3 Å². The van der Waals surface area contributed by atoms with E-state index in [1.807, 2.05) is 0 Å². The number of carbonyl (C=O) groups is 2. The molecule has 1 aromatic heterocycles. The van der Waals surface area contributed by atoms with E-state index in [0.29, 0.717) is 0 Å². The maximum atomic E-state index is 12.0. The first-order chi connectivity index (χ1) is 10.5. The lowest BCUT2D eigenvalue weighted by molar-refractivity contribution is -0.123. The summed E-state index contributed by atoms with van der Waals surface area (Å²) in [5.41, 5.74) is -0.790. The van der Waals surface area contributed by atoms with Crippen molar-refractivity contribution in [3.63, 3.8) is 0 Å². The van der Waals surface area contributed by atoms with Gasteiger partial charge in [0.1, 0.15) is 18.5 Å². The highest BCUT2D eigenvalue weighted by atomic mass is 16.4. The zero-order valence-corrected chi connectivity index (χ0v) is 11.2. The van der Waals surface area contributed by atoms with Crippen LogP contribution in [0.25, 0.3) is 0 Å². The zero-order valence-electron chi connectivity index (χ0n) is 11.2. The van der Waals surface area contributed by atoms with Crippen LogP contribution < -0.4 is 5.43 Å². The zero-order chi connectivity index (χ0) is 16.3. The normalized spacial score (nSPS) is 11.9. The molecule has 0 aliphatic carbocycles. The van der Waals surface area contributed by atoms with Crippen LogP contribution in [0.3, 0.4) is 0 Å². The van der Waals surface area contributed by atoms with Gasteiger partial charge < -0.3 is 19.7 Å². The quantitative estimate of drug-likeness (QED) is 0.536. The molecule has 7 heteroatoms. The molecule has 0 aliphatic heterocycles. The van der Waals surface area contributed by atoms with Crippen molar-refractivity contribution in [2.75, 3.05) is 0 Å². The van der Waals surface area contributed by atoms with Gasteiger partial charge in [-0.25, -0.2) is 0 Å². The van der Waals surface area contributed by atoms with Gasteiger partial charge in [-0.15, -0.1) is 0 Å². The van der Waals surface area contributed by atoms with Crippen LogP contribution in [-0.2, 0) is 11.4 Å². The van der Waals surface area contributed by atoms with Crippen molar-refractivity contribution in [2.45, 2.75) is 12.7 Å². The molecule has 3 N–H and O–H groups in total. The van der Waals surface area contributed by atoms with Crippen molar-refractivity contribution in [1.29, 1.82) is 0 Å². The molecule has 114 valence electrons. The molecule has 1 aromatic carbocycles. The fourth-order valence-corrected chi connectivity index (χ4v) is 1.79. The Kier molecular flexibility index (Phi) is 4.50. The van der Waals surface area contributed by atoms with Crippen molar-refractivity contribution in [3.8, 4) is 5.75 Å². The second kappa shape index (κ2) is 6.33. The predicted octanol–water partition coefficient (Wildman–Crippen LogP) is 0.323. The Morgan fingerprint density at radius 3 is 2.41 bits per heavy atom. The Morgan fingerprint density at radius 1 is 1.18 bits per heavy atom. The summed E-state index contributed by atoms with van der Waals surface area (Å²) in [5.74, 6) is -4.86. The number of Topliss-reactive ketones (excluding diaryl/α,β-unsaturated/α-hetero) is 2. The van der Waals surface area contributed by atoms with E-state index >= 15 is 0 Å². The van der Waals surface area contributed by atoms with E-state index in [9.17, 15) is 24.6 Å². The largest absolute Gasteiger partial charge is 0.501 e. The maximum absolute atomic E-state index is 12.0. The van der Waals surface area contributed by atoms with Crippen molar-refractivity contribution >= 4 is 11.6 Å². The molecule has 22 heavy (non-hydrogen) atoms. The van der Waals surface area contributed by atoms with Gasteiger partial charge in [0.2, 0.25) is 22.7 Å². The predicted molar refractivity (Wildman–Crippen MR) is 73.3 cm³/mol. The van der Waals surface area contributed by atoms with E-state index in [1.165, 1.54) is 12.1 Å². The number of hydrogen-bond acceptors (Lipinski definition) is 7. The molecular weight excluding hydrogens is 292 g/mol. The van der Waals surface area contributed by atoms with Gasteiger partial charge in [-0.1, -0.05) is 30.3 Å². The van der Waals surface area contributed by atoms with Crippen molar-refractivity contribution in [3.05, 3.63) is 63.7 Å². The highest BCUT2D eigenvalue weighted by molar-refractivity contribution is 6.44. The van der Waals surface area contributed by atoms with Crippen molar-refractivity contribution in [1.82, 2.24) is 0 Å². The van der Waals surface area contributed by atoms with Gasteiger partial charge in [0.25, 0.3) is 5.78 Å². The molecule has 0 radical (unpaired) electrons. The van der Waals surface area contributed by atoms with Crippen LogP contribution in [0.1, 0.15) is 28.0 Å². The summed E-state index contributed by atoms with van der Waals surface area (Å²) in [4.78, 5) is 35.4. The molecule has 1 unspecified atom stereocenters. The third kappa shape index (κ3) is 2.95. The van der Waals surface area contributed by atoms with Crippen LogP contribution in [0.4, 0.5) is 0 Å². The van der Waals surface area contributed by atoms with Crippen LogP contribution in [0.15, 0.2) is 45.6 Å². The lowest BCUT2D eigenvalue weighted by Gasteiger charge is -2.09. The van der Waals surface area contributed by atoms with E-state index in [0.717, 1.165) is 6.07 Å². The standard InChI is InChI=1S/C15H12O7/c16-7-9-6-10(17)12(19)15(22-9)14(21)13(20)11(18)8-4-2-1-3-5-8/h1-6,11,16,18-19H,7H2. The minimum Gasteiger partial charge on any atom is -0.501 e. The smallest absolute Gasteiger partial charge is 0.270 e. The van der Waals surface area contributed by atoms with Crippen molar-refractivity contribution < 1.29 is 29.3 Å². The van der Waals surface area contributed by atoms with E-state index in [2.05, 4.69) is 0 Å². The van der Waals surface area contributed by atoms with Crippen LogP contribution in [0.2, 0.25) is 0 Å². The molecule has 0 amide bonds. The number of ketones is 2. The summed E-state index contributed by atoms with van der Waals surface area (Å²) in [7, 11) is 0. The maximum Gasteiger partial charge on any atom is 0.270 e. The number of rotatable bonds is 5.